The average Bonchev–Trinajstić information content (AvgIpc) is 2.16. The van der Waals surface area contributed by atoms with E-state index in [1.165, 1.54) is 18.2 Å². The van der Waals surface area contributed by atoms with Gasteiger partial charge in [0.1, 0.15) is 11.4 Å². The standard InChI is InChI=1S/C12H16FNO2/c1-8(2)6-7-16-12(15)11-9(13)4-3-5-10(11)14/h3-5,8H,6-7,14H2,1-2H3. The molecule has 0 aliphatic carbocycles. The second-order valence-electron chi connectivity index (χ2n) is 4.02. The van der Waals surface area contributed by atoms with Crippen LogP contribution in [0.4, 0.5) is 10.1 Å². The summed E-state index contributed by atoms with van der Waals surface area (Å²) in [6, 6.07) is 4.12. The van der Waals surface area contributed by atoms with Gasteiger partial charge in [0.15, 0.2) is 0 Å². The molecule has 0 aliphatic heterocycles. The maximum Gasteiger partial charge on any atom is 0.343 e. The molecule has 0 radical (unpaired) electrons. The minimum absolute atomic E-state index is 0.106. The molecule has 0 unspecified atom stereocenters. The van der Waals surface area contributed by atoms with Crippen molar-refractivity contribution in [2.24, 2.45) is 5.92 Å². The molecule has 16 heavy (non-hydrogen) atoms. The topological polar surface area (TPSA) is 52.3 Å². The van der Waals surface area contributed by atoms with Crippen LogP contribution in [0.5, 0.6) is 0 Å². The highest BCUT2D eigenvalue weighted by Crippen LogP contribution is 2.16. The summed E-state index contributed by atoms with van der Waals surface area (Å²) in [5.41, 5.74) is 5.44. The zero-order chi connectivity index (χ0) is 12.1. The van der Waals surface area contributed by atoms with E-state index in [1.54, 1.807) is 0 Å². The molecule has 2 N–H and O–H groups in total. The molecule has 0 aliphatic rings. The van der Waals surface area contributed by atoms with Gasteiger partial charge in [0.25, 0.3) is 0 Å². The van der Waals surface area contributed by atoms with E-state index in [1.807, 2.05) is 13.8 Å². The Balaban J connectivity index is 2.66. The highest BCUT2D eigenvalue weighted by Gasteiger charge is 2.16. The molecule has 0 saturated heterocycles. The van der Waals surface area contributed by atoms with Crippen molar-refractivity contribution < 1.29 is 13.9 Å². The molecule has 4 heteroatoms. The lowest BCUT2D eigenvalue weighted by Crippen LogP contribution is -2.12. The molecule has 3 nitrogen and oxygen atoms in total. The van der Waals surface area contributed by atoms with E-state index in [2.05, 4.69) is 0 Å². The van der Waals surface area contributed by atoms with Crippen LogP contribution >= 0.6 is 0 Å². The van der Waals surface area contributed by atoms with Crippen molar-refractivity contribution in [3.8, 4) is 0 Å². The number of halogens is 1. The summed E-state index contributed by atoms with van der Waals surface area (Å²) < 4.78 is 18.2. The molecule has 0 saturated carbocycles. The summed E-state index contributed by atoms with van der Waals surface area (Å²) in [4.78, 5) is 11.5. The number of rotatable bonds is 4. The van der Waals surface area contributed by atoms with Crippen LogP contribution in [0.25, 0.3) is 0 Å². The van der Waals surface area contributed by atoms with E-state index in [0.29, 0.717) is 5.92 Å². The molecule has 0 spiro atoms. The number of hydrogen-bond acceptors (Lipinski definition) is 3. The van der Waals surface area contributed by atoms with Crippen molar-refractivity contribution in [1.29, 1.82) is 0 Å². The van der Waals surface area contributed by atoms with Gasteiger partial charge in [-0.3, -0.25) is 0 Å². The quantitative estimate of drug-likeness (QED) is 0.633. The first kappa shape index (κ1) is 12.5. The smallest absolute Gasteiger partial charge is 0.343 e. The Morgan fingerprint density at radius 3 is 2.75 bits per heavy atom. The molecule has 88 valence electrons. The molecule has 0 fully saturated rings. The van der Waals surface area contributed by atoms with Crippen LogP contribution in [0.1, 0.15) is 30.6 Å². The zero-order valence-corrected chi connectivity index (χ0v) is 9.50. The van der Waals surface area contributed by atoms with Gasteiger partial charge in [0, 0.05) is 5.69 Å². The van der Waals surface area contributed by atoms with E-state index < -0.39 is 11.8 Å². The molecule has 0 amide bonds. The maximum atomic E-state index is 13.3. The van der Waals surface area contributed by atoms with Crippen molar-refractivity contribution in [3.63, 3.8) is 0 Å². The van der Waals surface area contributed by atoms with Gasteiger partial charge >= 0.3 is 5.97 Å². The number of nitrogens with two attached hydrogens (primary N) is 1. The van der Waals surface area contributed by atoms with Crippen LogP contribution in [0.15, 0.2) is 18.2 Å². The number of carbonyl (C=O) groups is 1. The van der Waals surface area contributed by atoms with Crippen LogP contribution < -0.4 is 5.73 Å². The SMILES string of the molecule is CC(C)CCOC(=O)c1c(N)cccc1F. The largest absolute Gasteiger partial charge is 0.462 e. The van der Waals surface area contributed by atoms with E-state index in [0.717, 1.165) is 6.42 Å². The molecule has 1 aromatic carbocycles. The fourth-order valence-corrected chi connectivity index (χ4v) is 1.22. The third-order valence-corrected chi connectivity index (χ3v) is 2.18. The predicted molar refractivity (Wildman–Crippen MR) is 60.5 cm³/mol. The Kier molecular flexibility index (Phi) is 4.28. The van der Waals surface area contributed by atoms with Gasteiger partial charge in [-0.1, -0.05) is 19.9 Å². The molecule has 1 aromatic rings. The van der Waals surface area contributed by atoms with Crippen LogP contribution in [-0.2, 0) is 4.74 Å². The number of esters is 1. The summed E-state index contributed by atoms with van der Waals surface area (Å²) in [6.45, 7) is 4.32. The summed E-state index contributed by atoms with van der Waals surface area (Å²) in [5.74, 6) is -0.906. The predicted octanol–water partition coefficient (Wildman–Crippen LogP) is 2.61. The fraction of sp³-hybridized carbons (Fsp3) is 0.417. The fourth-order valence-electron chi connectivity index (χ4n) is 1.22. The van der Waals surface area contributed by atoms with Crippen molar-refractivity contribution in [3.05, 3.63) is 29.6 Å². The Morgan fingerprint density at radius 1 is 1.50 bits per heavy atom. The van der Waals surface area contributed by atoms with Gasteiger partial charge < -0.3 is 10.5 Å². The lowest BCUT2D eigenvalue weighted by Gasteiger charge is -2.08. The number of ether oxygens (including phenoxy) is 1. The third kappa shape index (κ3) is 3.22. The van der Waals surface area contributed by atoms with Crippen molar-refractivity contribution in [2.75, 3.05) is 12.3 Å². The molecule has 1 rings (SSSR count). The molecular formula is C12H16FNO2. The lowest BCUT2D eigenvalue weighted by molar-refractivity contribution is 0.0484. The second-order valence-corrected chi connectivity index (χ2v) is 4.02. The van der Waals surface area contributed by atoms with Gasteiger partial charge in [-0.25, -0.2) is 9.18 Å². The van der Waals surface area contributed by atoms with E-state index in [9.17, 15) is 9.18 Å². The summed E-state index contributed by atoms with van der Waals surface area (Å²) in [7, 11) is 0. The number of anilines is 1. The zero-order valence-electron chi connectivity index (χ0n) is 9.50. The maximum absolute atomic E-state index is 13.3. The summed E-state index contributed by atoms with van der Waals surface area (Å²) in [5, 5.41) is 0. The summed E-state index contributed by atoms with van der Waals surface area (Å²) in [6.07, 6.45) is 0.750. The minimum atomic E-state index is -0.698. The van der Waals surface area contributed by atoms with Gasteiger partial charge in [-0.2, -0.15) is 0 Å². The van der Waals surface area contributed by atoms with Crippen LogP contribution in [0.2, 0.25) is 0 Å². The first-order chi connectivity index (χ1) is 7.52. The normalized spacial score (nSPS) is 10.5. The lowest BCUT2D eigenvalue weighted by atomic mass is 10.1. The molecular weight excluding hydrogens is 209 g/mol. The van der Waals surface area contributed by atoms with Gasteiger partial charge in [-0.05, 0) is 24.5 Å². The average molecular weight is 225 g/mol. The van der Waals surface area contributed by atoms with Crippen LogP contribution in [-0.4, -0.2) is 12.6 Å². The number of hydrogen-bond donors (Lipinski definition) is 1. The Morgan fingerprint density at radius 2 is 2.19 bits per heavy atom. The van der Waals surface area contributed by atoms with E-state index >= 15 is 0 Å². The number of nitrogen functional groups attached to an aromatic ring is 1. The van der Waals surface area contributed by atoms with E-state index in [4.69, 9.17) is 10.5 Å². The highest BCUT2D eigenvalue weighted by atomic mass is 19.1. The van der Waals surface area contributed by atoms with Gasteiger partial charge in [-0.15, -0.1) is 0 Å². The molecule has 0 atom stereocenters. The number of carbonyl (C=O) groups excluding carboxylic acids is 1. The van der Waals surface area contributed by atoms with Crippen molar-refractivity contribution in [1.82, 2.24) is 0 Å². The monoisotopic (exact) mass is 225 g/mol. The van der Waals surface area contributed by atoms with Crippen LogP contribution in [0.3, 0.4) is 0 Å². The Hall–Kier alpha value is -1.58. The van der Waals surface area contributed by atoms with Crippen LogP contribution in [0, 0.1) is 11.7 Å². The Labute approximate surface area is 94.4 Å². The molecule has 0 bridgehead atoms. The van der Waals surface area contributed by atoms with Gasteiger partial charge in [0.05, 0.1) is 6.61 Å². The molecule has 0 aromatic heterocycles. The first-order valence-electron chi connectivity index (χ1n) is 5.23. The van der Waals surface area contributed by atoms with Gasteiger partial charge in [0.2, 0.25) is 0 Å². The first-order valence-corrected chi connectivity index (χ1v) is 5.23. The Bertz CT molecular complexity index is 357. The number of benzene rings is 1. The third-order valence-electron chi connectivity index (χ3n) is 2.18. The minimum Gasteiger partial charge on any atom is -0.462 e. The van der Waals surface area contributed by atoms with E-state index in [-0.39, 0.29) is 17.9 Å². The summed E-state index contributed by atoms with van der Waals surface area (Å²) >= 11 is 0. The van der Waals surface area contributed by atoms with Crippen molar-refractivity contribution >= 4 is 11.7 Å². The highest BCUT2D eigenvalue weighted by molar-refractivity contribution is 5.95. The van der Waals surface area contributed by atoms with Crippen molar-refractivity contribution in [2.45, 2.75) is 20.3 Å². The molecule has 0 heterocycles. The second kappa shape index (κ2) is 5.49.